The quantitative estimate of drug-likeness (QED) is 0.871. The SMILES string of the molecule is Cc1cc(C)c(NC(=O)[C@H](C)OC(=O)c2cccs2)c(C)c1. The van der Waals surface area contributed by atoms with E-state index in [9.17, 15) is 9.59 Å². The van der Waals surface area contributed by atoms with Crippen LogP contribution in [0.5, 0.6) is 0 Å². The summed E-state index contributed by atoms with van der Waals surface area (Å²) in [7, 11) is 0. The number of hydrogen-bond donors (Lipinski definition) is 1. The second-order valence-electron chi connectivity index (χ2n) is 5.29. The Bertz CT molecular complexity index is 669. The molecule has 22 heavy (non-hydrogen) atoms. The molecule has 0 unspecified atom stereocenters. The third kappa shape index (κ3) is 3.74. The number of benzene rings is 1. The maximum Gasteiger partial charge on any atom is 0.349 e. The van der Waals surface area contributed by atoms with Gasteiger partial charge in [0.15, 0.2) is 6.10 Å². The van der Waals surface area contributed by atoms with Gasteiger partial charge in [0.2, 0.25) is 0 Å². The number of rotatable bonds is 4. The van der Waals surface area contributed by atoms with E-state index in [0.717, 1.165) is 22.4 Å². The van der Waals surface area contributed by atoms with Gasteiger partial charge in [0, 0.05) is 5.69 Å². The molecule has 4 nitrogen and oxygen atoms in total. The van der Waals surface area contributed by atoms with Gasteiger partial charge in [-0.05, 0) is 50.3 Å². The summed E-state index contributed by atoms with van der Waals surface area (Å²) >= 11 is 1.29. The van der Waals surface area contributed by atoms with Crippen molar-refractivity contribution in [3.05, 3.63) is 51.2 Å². The van der Waals surface area contributed by atoms with Crippen molar-refractivity contribution >= 4 is 28.9 Å². The van der Waals surface area contributed by atoms with E-state index in [4.69, 9.17) is 4.74 Å². The van der Waals surface area contributed by atoms with Gasteiger partial charge < -0.3 is 10.1 Å². The fourth-order valence-corrected chi connectivity index (χ4v) is 2.87. The number of hydrogen-bond acceptors (Lipinski definition) is 4. The molecule has 5 heteroatoms. The molecule has 0 aliphatic rings. The first kappa shape index (κ1) is 16.2. The molecular weight excluding hydrogens is 298 g/mol. The van der Waals surface area contributed by atoms with Gasteiger partial charge in [-0.25, -0.2) is 4.79 Å². The van der Waals surface area contributed by atoms with Crippen molar-refractivity contribution in [3.63, 3.8) is 0 Å². The lowest BCUT2D eigenvalue weighted by Crippen LogP contribution is -2.30. The van der Waals surface area contributed by atoms with Crippen LogP contribution in [0.25, 0.3) is 0 Å². The van der Waals surface area contributed by atoms with Crippen molar-refractivity contribution < 1.29 is 14.3 Å². The van der Waals surface area contributed by atoms with E-state index in [1.54, 1.807) is 24.4 Å². The lowest BCUT2D eigenvalue weighted by atomic mass is 10.0. The minimum Gasteiger partial charge on any atom is -0.448 e. The van der Waals surface area contributed by atoms with Crippen LogP contribution in [-0.2, 0) is 9.53 Å². The zero-order valence-corrected chi connectivity index (χ0v) is 13.9. The normalized spacial score (nSPS) is 11.8. The lowest BCUT2D eigenvalue weighted by Gasteiger charge is -2.16. The lowest BCUT2D eigenvalue weighted by molar-refractivity contribution is -0.123. The van der Waals surface area contributed by atoms with Crippen molar-refractivity contribution in [2.24, 2.45) is 0 Å². The van der Waals surface area contributed by atoms with E-state index in [1.165, 1.54) is 11.3 Å². The molecule has 2 aromatic rings. The molecule has 0 fully saturated rings. The number of nitrogens with one attached hydrogen (secondary N) is 1. The molecule has 0 saturated carbocycles. The summed E-state index contributed by atoms with van der Waals surface area (Å²) in [4.78, 5) is 24.6. The average Bonchev–Trinajstić information content (AvgIpc) is 2.96. The van der Waals surface area contributed by atoms with Crippen LogP contribution >= 0.6 is 11.3 Å². The molecule has 116 valence electrons. The Morgan fingerprint density at radius 1 is 1.18 bits per heavy atom. The third-order valence-electron chi connectivity index (χ3n) is 3.30. The van der Waals surface area contributed by atoms with Crippen molar-refractivity contribution in [2.75, 3.05) is 5.32 Å². The molecule has 2 rings (SSSR count). The Balaban J connectivity index is 2.04. The molecule has 1 aromatic carbocycles. The van der Waals surface area contributed by atoms with Crippen molar-refractivity contribution in [2.45, 2.75) is 33.8 Å². The number of thiophene rings is 1. The topological polar surface area (TPSA) is 55.4 Å². The van der Waals surface area contributed by atoms with Gasteiger partial charge in [-0.2, -0.15) is 0 Å². The summed E-state index contributed by atoms with van der Waals surface area (Å²) < 4.78 is 5.19. The highest BCUT2D eigenvalue weighted by molar-refractivity contribution is 7.11. The monoisotopic (exact) mass is 317 g/mol. The molecule has 1 aromatic heterocycles. The van der Waals surface area contributed by atoms with Gasteiger partial charge in [0.1, 0.15) is 4.88 Å². The highest BCUT2D eigenvalue weighted by Crippen LogP contribution is 2.22. The first-order valence-electron chi connectivity index (χ1n) is 7.01. The summed E-state index contributed by atoms with van der Waals surface area (Å²) in [6.07, 6.45) is -0.852. The number of aryl methyl sites for hydroxylation is 3. The van der Waals surface area contributed by atoms with Gasteiger partial charge in [-0.3, -0.25) is 4.79 Å². The van der Waals surface area contributed by atoms with Crippen molar-refractivity contribution in [1.82, 2.24) is 0 Å². The second kappa shape index (κ2) is 6.75. The standard InChI is InChI=1S/C17H19NO3S/c1-10-8-11(2)15(12(3)9-10)18-16(19)13(4)21-17(20)14-6-5-7-22-14/h5-9,13H,1-4H3,(H,18,19)/t13-/m0/s1. The van der Waals surface area contributed by atoms with Gasteiger partial charge in [0.05, 0.1) is 0 Å². The zero-order valence-electron chi connectivity index (χ0n) is 13.1. The zero-order chi connectivity index (χ0) is 16.3. The molecule has 0 aliphatic heterocycles. The smallest absolute Gasteiger partial charge is 0.349 e. The van der Waals surface area contributed by atoms with Crippen LogP contribution in [0.3, 0.4) is 0 Å². The maximum atomic E-state index is 12.2. The second-order valence-corrected chi connectivity index (χ2v) is 6.24. The predicted molar refractivity (Wildman–Crippen MR) is 88.5 cm³/mol. The summed E-state index contributed by atoms with van der Waals surface area (Å²) in [5, 5.41) is 4.64. The molecular formula is C17H19NO3S. The van der Waals surface area contributed by atoms with Gasteiger partial charge >= 0.3 is 5.97 Å². The van der Waals surface area contributed by atoms with Crippen LogP contribution in [0.4, 0.5) is 5.69 Å². The van der Waals surface area contributed by atoms with E-state index < -0.39 is 12.1 Å². The highest BCUT2D eigenvalue weighted by Gasteiger charge is 2.20. The van der Waals surface area contributed by atoms with Crippen LogP contribution in [-0.4, -0.2) is 18.0 Å². The maximum absolute atomic E-state index is 12.2. The average molecular weight is 317 g/mol. The summed E-state index contributed by atoms with van der Waals surface area (Å²) in [5.41, 5.74) is 3.89. The Labute approximate surface area is 134 Å². The van der Waals surface area contributed by atoms with E-state index >= 15 is 0 Å². The molecule has 0 aliphatic carbocycles. The Hall–Kier alpha value is -2.14. The van der Waals surface area contributed by atoms with E-state index in [1.807, 2.05) is 32.9 Å². The fraction of sp³-hybridized carbons (Fsp3) is 0.294. The summed E-state index contributed by atoms with van der Waals surface area (Å²) in [6, 6.07) is 7.45. The molecule has 0 radical (unpaired) electrons. The molecule has 0 saturated heterocycles. The Morgan fingerprint density at radius 2 is 1.82 bits per heavy atom. The van der Waals surface area contributed by atoms with Crippen LogP contribution in [0.1, 0.15) is 33.3 Å². The Morgan fingerprint density at radius 3 is 2.36 bits per heavy atom. The minimum absolute atomic E-state index is 0.333. The molecule has 1 heterocycles. The van der Waals surface area contributed by atoms with Gasteiger partial charge in [-0.15, -0.1) is 11.3 Å². The van der Waals surface area contributed by atoms with Gasteiger partial charge in [-0.1, -0.05) is 23.8 Å². The van der Waals surface area contributed by atoms with Crippen LogP contribution in [0, 0.1) is 20.8 Å². The number of carbonyl (C=O) groups excluding carboxylic acids is 2. The summed E-state index contributed by atoms with van der Waals surface area (Å²) in [5.74, 6) is -0.810. The predicted octanol–water partition coefficient (Wildman–Crippen LogP) is 3.86. The van der Waals surface area contributed by atoms with Crippen LogP contribution < -0.4 is 5.32 Å². The van der Waals surface area contributed by atoms with E-state index in [2.05, 4.69) is 5.32 Å². The number of ether oxygens (including phenoxy) is 1. The fourth-order valence-electron chi connectivity index (χ4n) is 2.27. The molecule has 1 atom stereocenters. The first-order chi connectivity index (χ1) is 10.4. The Kier molecular flexibility index (Phi) is 4.98. The number of esters is 1. The highest BCUT2D eigenvalue weighted by atomic mass is 32.1. The van der Waals surface area contributed by atoms with Crippen LogP contribution in [0.15, 0.2) is 29.6 Å². The number of carbonyl (C=O) groups is 2. The van der Waals surface area contributed by atoms with Crippen LogP contribution in [0.2, 0.25) is 0 Å². The van der Waals surface area contributed by atoms with Crippen molar-refractivity contribution in [3.8, 4) is 0 Å². The molecule has 1 amide bonds. The number of anilines is 1. The van der Waals surface area contributed by atoms with E-state index in [0.29, 0.717) is 4.88 Å². The minimum atomic E-state index is -0.852. The van der Waals surface area contributed by atoms with Crippen molar-refractivity contribution in [1.29, 1.82) is 0 Å². The third-order valence-corrected chi connectivity index (χ3v) is 4.15. The van der Waals surface area contributed by atoms with Gasteiger partial charge in [0.25, 0.3) is 5.91 Å². The largest absolute Gasteiger partial charge is 0.448 e. The molecule has 1 N–H and O–H groups in total. The molecule has 0 spiro atoms. The van der Waals surface area contributed by atoms with E-state index in [-0.39, 0.29) is 5.91 Å². The summed E-state index contributed by atoms with van der Waals surface area (Å²) in [6.45, 7) is 7.46. The first-order valence-corrected chi connectivity index (χ1v) is 7.89. The molecule has 0 bridgehead atoms. The number of amides is 1.